The number of rotatable bonds is 6. The molecule has 0 unspecified atom stereocenters. The Morgan fingerprint density at radius 2 is 1.73 bits per heavy atom. The van der Waals surface area contributed by atoms with Gasteiger partial charge in [-0.3, -0.25) is 9.78 Å². The average molecular weight is 607 g/mol. The number of nitrogens with zero attached hydrogens (tertiary/aromatic N) is 2. The third-order valence-corrected chi connectivity index (χ3v) is 6.95. The van der Waals surface area contributed by atoms with Crippen molar-refractivity contribution in [3.05, 3.63) is 104 Å². The molecule has 0 aliphatic rings. The minimum absolute atomic E-state index is 0.0145. The topological polar surface area (TPSA) is 104 Å². The fourth-order valence-electron chi connectivity index (χ4n) is 4.16. The van der Waals surface area contributed by atoms with Crippen LogP contribution in [0, 0.1) is 18.4 Å². The summed E-state index contributed by atoms with van der Waals surface area (Å²) in [5.41, 5.74) is 2.08. The Kier molecular flexibility index (Phi) is 8.87. The Hall–Kier alpha value is -4.11. The van der Waals surface area contributed by atoms with Gasteiger partial charge in [-0.05, 0) is 49.2 Å². The van der Waals surface area contributed by atoms with Gasteiger partial charge in [0.2, 0.25) is 0 Å². The molecule has 4 rings (SSSR count). The van der Waals surface area contributed by atoms with Crippen molar-refractivity contribution in [3.63, 3.8) is 0 Å². The van der Waals surface area contributed by atoms with E-state index in [4.69, 9.17) is 41.4 Å². The molecule has 1 atom stereocenters. The highest BCUT2D eigenvalue weighted by molar-refractivity contribution is 6.40. The number of pyridine rings is 1. The van der Waals surface area contributed by atoms with Gasteiger partial charge in [0.05, 0.1) is 27.7 Å². The zero-order valence-corrected chi connectivity index (χ0v) is 24.1. The molecule has 0 aliphatic heterocycles. The number of aliphatic hydroxyl groups is 1. The number of hydrogen-bond acceptors (Lipinski definition) is 4. The molecule has 1 amide bonds. The van der Waals surface area contributed by atoms with Crippen LogP contribution in [0.25, 0.3) is 26.9 Å². The zero-order valence-electron chi connectivity index (χ0n) is 21.8. The second kappa shape index (κ2) is 12.2. The molecule has 0 fully saturated rings. The summed E-state index contributed by atoms with van der Waals surface area (Å²) >= 11 is 19.1. The van der Waals surface area contributed by atoms with Gasteiger partial charge in [-0.25, -0.2) is 9.64 Å². The molecule has 0 saturated heterocycles. The number of carbonyl (C=O) groups excluding carboxylic acids is 1. The number of fused-ring (bicyclic) bond motifs is 1. The van der Waals surface area contributed by atoms with Gasteiger partial charge in [-0.15, -0.1) is 0 Å². The highest BCUT2D eigenvalue weighted by Gasteiger charge is 2.25. The second-order valence-electron chi connectivity index (χ2n) is 9.64. The summed E-state index contributed by atoms with van der Waals surface area (Å²) in [6.07, 6.45) is 1.56. The van der Waals surface area contributed by atoms with Crippen LogP contribution in [0.1, 0.15) is 35.3 Å². The smallest absolute Gasteiger partial charge is 0.326 e. The van der Waals surface area contributed by atoms with Gasteiger partial charge in [0.15, 0.2) is 5.69 Å². The third kappa shape index (κ3) is 6.97. The van der Waals surface area contributed by atoms with Crippen LogP contribution in [-0.4, -0.2) is 38.7 Å². The monoisotopic (exact) mass is 605 g/mol. The summed E-state index contributed by atoms with van der Waals surface area (Å²) in [4.78, 5) is 33.3. The van der Waals surface area contributed by atoms with Crippen LogP contribution < -0.4 is 5.32 Å². The number of amides is 1. The van der Waals surface area contributed by atoms with Crippen LogP contribution in [0.4, 0.5) is 5.69 Å². The Balaban J connectivity index is 1.65. The van der Waals surface area contributed by atoms with Crippen LogP contribution in [-0.2, 0) is 11.2 Å². The van der Waals surface area contributed by atoms with Crippen molar-refractivity contribution in [2.45, 2.75) is 31.9 Å². The number of halogens is 3. The lowest BCUT2D eigenvalue weighted by atomic mass is 9.95. The Morgan fingerprint density at radius 1 is 1.05 bits per heavy atom. The van der Waals surface area contributed by atoms with E-state index < -0.39 is 23.5 Å². The number of carboxylic acid groups (broad SMARTS) is 1. The van der Waals surface area contributed by atoms with Gasteiger partial charge in [0.1, 0.15) is 11.6 Å². The van der Waals surface area contributed by atoms with Crippen LogP contribution >= 0.6 is 34.8 Å². The standard InChI is InChI=1S/C31H22Cl3N3O4/c1-31(2,41)11-10-17-13-24(33)27(25(34)14-17)29(38)37-26(30(39)40)15-18-6-8-22(28-20(18)5-4-12-36-28)21-9-7-19(35-3)16-23(21)32/h4-9,12-14,16,26,41H,15H2,1-2H3,(H,37,38)(H,39,40)/t26-/m0/s1. The Bertz CT molecular complexity index is 1770. The summed E-state index contributed by atoms with van der Waals surface area (Å²) in [7, 11) is 0. The molecule has 3 aromatic carbocycles. The van der Waals surface area contributed by atoms with E-state index in [0.29, 0.717) is 43.9 Å². The molecule has 10 heteroatoms. The minimum atomic E-state index is -1.32. The number of aliphatic carboxylic acids is 1. The molecule has 206 valence electrons. The van der Waals surface area contributed by atoms with Crippen molar-refractivity contribution in [2.75, 3.05) is 0 Å². The molecular formula is C31H22Cl3N3O4. The van der Waals surface area contributed by atoms with Gasteiger partial charge in [0, 0.05) is 34.2 Å². The summed E-state index contributed by atoms with van der Waals surface area (Å²) < 4.78 is 0. The first-order valence-electron chi connectivity index (χ1n) is 12.2. The summed E-state index contributed by atoms with van der Waals surface area (Å²) in [5.74, 6) is 3.37. The maximum atomic E-state index is 13.1. The number of hydrogen-bond donors (Lipinski definition) is 3. The van der Waals surface area contributed by atoms with Gasteiger partial charge in [0.25, 0.3) is 5.91 Å². The molecule has 0 radical (unpaired) electrons. The van der Waals surface area contributed by atoms with Gasteiger partial charge < -0.3 is 15.5 Å². The molecule has 0 aliphatic carbocycles. The van der Waals surface area contributed by atoms with E-state index in [9.17, 15) is 19.8 Å². The molecule has 0 saturated carbocycles. The van der Waals surface area contributed by atoms with Crippen molar-refractivity contribution in [1.29, 1.82) is 0 Å². The van der Waals surface area contributed by atoms with Crippen molar-refractivity contribution in [3.8, 4) is 23.0 Å². The first kappa shape index (κ1) is 29.9. The Labute approximate surface area is 251 Å². The first-order valence-corrected chi connectivity index (χ1v) is 13.3. The zero-order chi connectivity index (χ0) is 29.9. The summed E-state index contributed by atoms with van der Waals surface area (Å²) in [6.45, 7) is 10.2. The number of carbonyl (C=O) groups is 2. The van der Waals surface area contributed by atoms with Gasteiger partial charge in [-0.2, -0.15) is 0 Å². The van der Waals surface area contributed by atoms with Crippen LogP contribution in [0.3, 0.4) is 0 Å². The predicted molar refractivity (Wildman–Crippen MR) is 161 cm³/mol. The Morgan fingerprint density at radius 3 is 2.34 bits per heavy atom. The lowest BCUT2D eigenvalue weighted by Gasteiger charge is -2.18. The van der Waals surface area contributed by atoms with Crippen LogP contribution in [0.2, 0.25) is 15.1 Å². The molecule has 1 heterocycles. The quantitative estimate of drug-likeness (QED) is 0.163. The number of benzene rings is 3. The minimum Gasteiger partial charge on any atom is -0.480 e. The lowest BCUT2D eigenvalue weighted by Crippen LogP contribution is -2.42. The van der Waals surface area contributed by atoms with E-state index in [-0.39, 0.29) is 22.0 Å². The van der Waals surface area contributed by atoms with E-state index in [0.717, 1.165) is 0 Å². The summed E-state index contributed by atoms with van der Waals surface area (Å²) in [5, 5.41) is 23.4. The third-order valence-electron chi connectivity index (χ3n) is 6.04. The molecule has 7 nitrogen and oxygen atoms in total. The molecule has 1 aromatic heterocycles. The molecule has 0 bridgehead atoms. The van der Waals surface area contributed by atoms with E-state index in [1.165, 1.54) is 26.0 Å². The van der Waals surface area contributed by atoms with Gasteiger partial charge in [-0.1, -0.05) is 77.0 Å². The lowest BCUT2D eigenvalue weighted by molar-refractivity contribution is -0.139. The maximum Gasteiger partial charge on any atom is 0.326 e. The van der Waals surface area contributed by atoms with Crippen molar-refractivity contribution in [1.82, 2.24) is 10.3 Å². The van der Waals surface area contributed by atoms with E-state index in [1.54, 1.807) is 42.6 Å². The number of carboxylic acids is 1. The van der Waals surface area contributed by atoms with Crippen LogP contribution in [0.5, 0.6) is 0 Å². The first-order chi connectivity index (χ1) is 19.4. The number of aromatic nitrogens is 1. The summed E-state index contributed by atoms with van der Waals surface area (Å²) in [6, 6.07) is 13.6. The number of nitrogens with one attached hydrogen (secondary N) is 1. The second-order valence-corrected chi connectivity index (χ2v) is 10.9. The van der Waals surface area contributed by atoms with Gasteiger partial charge >= 0.3 is 5.97 Å². The van der Waals surface area contributed by atoms with Crippen molar-refractivity contribution < 1.29 is 19.8 Å². The maximum absolute atomic E-state index is 13.1. The highest BCUT2D eigenvalue weighted by atomic mass is 35.5. The highest BCUT2D eigenvalue weighted by Crippen LogP contribution is 2.36. The molecule has 0 spiro atoms. The fraction of sp³-hybridized carbons (Fsp3) is 0.161. The molecule has 4 aromatic rings. The van der Waals surface area contributed by atoms with Crippen molar-refractivity contribution in [2.24, 2.45) is 0 Å². The predicted octanol–water partition coefficient (Wildman–Crippen LogP) is 6.96. The van der Waals surface area contributed by atoms with E-state index in [2.05, 4.69) is 27.0 Å². The molecule has 3 N–H and O–H groups in total. The van der Waals surface area contributed by atoms with E-state index >= 15 is 0 Å². The average Bonchev–Trinajstić information content (AvgIpc) is 2.91. The molecule has 41 heavy (non-hydrogen) atoms. The van der Waals surface area contributed by atoms with Crippen LogP contribution in [0.15, 0.2) is 60.8 Å². The molecular weight excluding hydrogens is 585 g/mol. The SMILES string of the molecule is [C-]#[N+]c1ccc(-c2ccc(C[C@H](NC(=O)c3c(Cl)cc(C#CC(C)(C)O)cc3Cl)C(=O)O)c3cccnc23)c(Cl)c1. The fourth-order valence-corrected chi connectivity index (χ4v) is 5.09. The largest absolute Gasteiger partial charge is 0.480 e. The van der Waals surface area contributed by atoms with E-state index in [1.807, 2.05) is 6.07 Å². The normalized spacial score (nSPS) is 11.7. The van der Waals surface area contributed by atoms with Crippen molar-refractivity contribution >= 4 is 63.3 Å².